The van der Waals surface area contributed by atoms with Crippen LogP contribution in [0.25, 0.3) is 0 Å². The first-order valence-corrected chi connectivity index (χ1v) is 12.1. The molecule has 0 aromatic heterocycles. The fourth-order valence-corrected chi connectivity index (χ4v) is 4.48. The molecule has 1 N–H and O–H groups in total. The molecule has 0 aliphatic heterocycles. The molecule has 3 aromatic carbocycles. The van der Waals surface area contributed by atoms with E-state index < -0.39 is 6.04 Å². The molecule has 0 radical (unpaired) electrons. The molecule has 172 valence electrons. The number of amides is 2. The predicted molar refractivity (Wildman–Crippen MR) is 133 cm³/mol. The lowest BCUT2D eigenvalue weighted by molar-refractivity contribution is -0.139. The van der Waals surface area contributed by atoms with Crippen LogP contribution in [-0.2, 0) is 28.3 Å². The Morgan fingerprint density at radius 1 is 0.970 bits per heavy atom. The second kappa shape index (κ2) is 12.4. The number of benzene rings is 3. The van der Waals surface area contributed by atoms with E-state index in [4.69, 9.17) is 11.6 Å². The van der Waals surface area contributed by atoms with Crippen molar-refractivity contribution in [1.82, 2.24) is 10.2 Å². The van der Waals surface area contributed by atoms with Gasteiger partial charge in [0.25, 0.3) is 0 Å². The van der Waals surface area contributed by atoms with E-state index in [1.54, 1.807) is 42.3 Å². The Kier molecular flexibility index (Phi) is 9.34. The van der Waals surface area contributed by atoms with Gasteiger partial charge in [-0.05, 0) is 34.9 Å². The lowest BCUT2D eigenvalue weighted by atomic mass is 10.0. The van der Waals surface area contributed by atoms with E-state index in [1.165, 1.54) is 17.8 Å². The summed E-state index contributed by atoms with van der Waals surface area (Å²) in [6.07, 6.45) is 0.387. The van der Waals surface area contributed by atoms with Gasteiger partial charge in [-0.2, -0.15) is 0 Å². The van der Waals surface area contributed by atoms with Crippen LogP contribution in [-0.4, -0.2) is 35.6 Å². The Morgan fingerprint density at radius 2 is 1.64 bits per heavy atom. The average molecular weight is 485 g/mol. The number of rotatable bonds is 10. The first-order valence-electron chi connectivity index (χ1n) is 10.6. The van der Waals surface area contributed by atoms with Crippen LogP contribution >= 0.6 is 23.4 Å². The van der Waals surface area contributed by atoms with E-state index in [2.05, 4.69) is 5.32 Å². The number of hydrogen-bond donors (Lipinski definition) is 1. The summed E-state index contributed by atoms with van der Waals surface area (Å²) in [5.74, 6) is -0.209. The van der Waals surface area contributed by atoms with E-state index in [-0.39, 0.29) is 29.9 Å². The zero-order chi connectivity index (χ0) is 23.6. The fraction of sp³-hybridized carbons (Fsp3) is 0.231. The summed E-state index contributed by atoms with van der Waals surface area (Å²) in [6, 6.07) is 22.7. The molecule has 1 atom stereocenters. The third kappa shape index (κ3) is 7.34. The van der Waals surface area contributed by atoms with Gasteiger partial charge in [0.2, 0.25) is 11.8 Å². The number of carbonyl (C=O) groups is 2. The summed E-state index contributed by atoms with van der Waals surface area (Å²) in [5.41, 5.74) is 2.37. The Morgan fingerprint density at radius 3 is 2.30 bits per heavy atom. The molecular weight excluding hydrogens is 459 g/mol. The highest BCUT2D eigenvalue weighted by Crippen LogP contribution is 2.20. The topological polar surface area (TPSA) is 49.4 Å². The molecule has 2 amide bonds. The number of nitrogens with zero attached hydrogens (tertiary/aromatic N) is 1. The van der Waals surface area contributed by atoms with Crippen molar-refractivity contribution in [3.63, 3.8) is 0 Å². The molecule has 0 spiro atoms. The second-order valence-electron chi connectivity index (χ2n) is 7.55. The molecule has 3 aromatic rings. The summed E-state index contributed by atoms with van der Waals surface area (Å²) in [6.45, 7) is 0.265. The molecule has 0 heterocycles. The van der Waals surface area contributed by atoms with Gasteiger partial charge in [-0.1, -0.05) is 72.3 Å². The maximum atomic E-state index is 13.9. The van der Waals surface area contributed by atoms with Gasteiger partial charge in [0.05, 0.1) is 5.75 Å². The van der Waals surface area contributed by atoms with Gasteiger partial charge in [0.1, 0.15) is 11.9 Å². The summed E-state index contributed by atoms with van der Waals surface area (Å²) < 4.78 is 13.9. The van der Waals surface area contributed by atoms with Crippen LogP contribution in [0.1, 0.15) is 16.7 Å². The van der Waals surface area contributed by atoms with Gasteiger partial charge >= 0.3 is 0 Å². The molecule has 0 saturated carbocycles. The second-order valence-corrected chi connectivity index (χ2v) is 8.97. The van der Waals surface area contributed by atoms with Crippen molar-refractivity contribution in [3.8, 4) is 0 Å². The van der Waals surface area contributed by atoms with Gasteiger partial charge in [-0.25, -0.2) is 4.39 Å². The summed E-state index contributed by atoms with van der Waals surface area (Å²) in [4.78, 5) is 27.8. The number of nitrogens with one attached hydrogen (secondary N) is 1. The van der Waals surface area contributed by atoms with Gasteiger partial charge in [-0.15, -0.1) is 11.8 Å². The van der Waals surface area contributed by atoms with Crippen LogP contribution in [0.3, 0.4) is 0 Å². The summed E-state index contributed by atoms with van der Waals surface area (Å²) >= 11 is 7.34. The zero-order valence-electron chi connectivity index (χ0n) is 18.3. The minimum atomic E-state index is -0.686. The van der Waals surface area contributed by atoms with Gasteiger partial charge in [-0.3, -0.25) is 9.59 Å². The zero-order valence-corrected chi connectivity index (χ0v) is 19.9. The van der Waals surface area contributed by atoms with Crippen LogP contribution in [0.15, 0.2) is 78.9 Å². The molecule has 4 nitrogen and oxygen atoms in total. The van der Waals surface area contributed by atoms with E-state index in [1.807, 2.05) is 42.5 Å². The number of likely N-dealkylation sites (N-methyl/N-ethyl adjacent to an activating group) is 1. The Balaban J connectivity index is 1.80. The molecule has 0 unspecified atom stereocenters. The highest BCUT2D eigenvalue weighted by atomic mass is 35.5. The van der Waals surface area contributed by atoms with Crippen LogP contribution in [0.2, 0.25) is 5.02 Å². The highest BCUT2D eigenvalue weighted by molar-refractivity contribution is 7.99. The highest BCUT2D eigenvalue weighted by Gasteiger charge is 2.29. The predicted octanol–water partition coefficient (Wildman–Crippen LogP) is 5.10. The monoisotopic (exact) mass is 484 g/mol. The van der Waals surface area contributed by atoms with Crippen molar-refractivity contribution in [2.45, 2.75) is 24.8 Å². The van der Waals surface area contributed by atoms with Crippen molar-refractivity contribution in [2.24, 2.45) is 0 Å². The lowest BCUT2D eigenvalue weighted by Gasteiger charge is -2.31. The van der Waals surface area contributed by atoms with E-state index >= 15 is 0 Å². The van der Waals surface area contributed by atoms with Crippen molar-refractivity contribution < 1.29 is 14.0 Å². The summed E-state index contributed by atoms with van der Waals surface area (Å²) in [5, 5.41) is 3.30. The van der Waals surface area contributed by atoms with E-state index in [0.29, 0.717) is 22.8 Å². The van der Waals surface area contributed by atoms with E-state index in [0.717, 1.165) is 11.1 Å². The number of thioether (sulfide) groups is 1. The maximum Gasteiger partial charge on any atom is 0.242 e. The molecular formula is C26H26ClFN2O2S. The van der Waals surface area contributed by atoms with Crippen molar-refractivity contribution in [2.75, 3.05) is 12.8 Å². The standard InChI is InChI=1S/C26H26ClFN2O2S/c1-29-26(32)24(15-19-7-3-2-4-8-19)30(16-20-11-13-22(27)14-12-20)25(31)18-33-17-21-9-5-6-10-23(21)28/h2-14,24H,15-18H2,1H3,(H,29,32)/t24-/m0/s1. The molecule has 0 aliphatic carbocycles. The fourth-order valence-electron chi connectivity index (χ4n) is 3.45. The van der Waals surface area contributed by atoms with Crippen molar-refractivity contribution in [3.05, 3.63) is 106 Å². The normalized spacial score (nSPS) is 11.6. The lowest BCUT2D eigenvalue weighted by Crippen LogP contribution is -2.50. The quantitative estimate of drug-likeness (QED) is 0.435. The minimum absolute atomic E-state index is 0.129. The minimum Gasteiger partial charge on any atom is -0.357 e. The van der Waals surface area contributed by atoms with Gasteiger partial charge in [0, 0.05) is 30.8 Å². The first-order chi connectivity index (χ1) is 16.0. The molecule has 0 bridgehead atoms. The van der Waals surface area contributed by atoms with Crippen LogP contribution in [0.4, 0.5) is 4.39 Å². The molecule has 0 aliphatic rings. The number of hydrogen-bond acceptors (Lipinski definition) is 3. The third-order valence-corrected chi connectivity index (χ3v) is 6.44. The first kappa shape index (κ1) is 24.8. The van der Waals surface area contributed by atoms with Crippen molar-refractivity contribution in [1.29, 1.82) is 0 Å². The van der Waals surface area contributed by atoms with Crippen LogP contribution in [0, 0.1) is 5.82 Å². The maximum absolute atomic E-state index is 13.9. The van der Waals surface area contributed by atoms with Crippen LogP contribution in [0.5, 0.6) is 0 Å². The van der Waals surface area contributed by atoms with Gasteiger partial charge in [0.15, 0.2) is 0 Å². The molecule has 33 heavy (non-hydrogen) atoms. The molecule has 7 heteroatoms. The van der Waals surface area contributed by atoms with Gasteiger partial charge < -0.3 is 10.2 Å². The largest absolute Gasteiger partial charge is 0.357 e. The molecule has 3 rings (SSSR count). The Hall–Kier alpha value is -2.83. The summed E-state index contributed by atoms with van der Waals surface area (Å²) in [7, 11) is 1.57. The SMILES string of the molecule is CNC(=O)[C@H](Cc1ccccc1)N(Cc1ccc(Cl)cc1)C(=O)CSCc1ccccc1F. The average Bonchev–Trinajstić information content (AvgIpc) is 2.83. The third-order valence-electron chi connectivity index (χ3n) is 5.22. The Labute approximate surface area is 203 Å². The molecule has 0 saturated heterocycles. The van der Waals surface area contributed by atoms with Crippen molar-refractivity contribution >= 4 is 35.2 Å². The number of carbonyl (C=O) groups excluding carboxylic acids is 2. The smallest absolute Gasteiger partial charge is 0.242 e. The Bertz CT molecular complexity index is 1060. The number of halogens is 2. The van der Waals surface area contributed by atoms with E-state index in [9.17, 15) is 14.0 Å². The van der Waals surface area contributed by atoms with Crippen LogP contribution < -0.4 is 5.32 Å². The molecule has 0 fully saturated rings.